The summed E-state index contributed by atoms with van der Waals surface area (Å²) in [4.78, 5) is 13.9. The molecule has 3 rings (SSSR count). The Labute approximate surface area is 164 Å². The average molecular weight is 379 g/mol. The molecular weight excluding hydrogens is 354 g/mol. The number of H-pyrrole nitrogens is 1. The number of nitrogens with one attached hydrogen (secondary N) is 1. The number of hydrogen-bond donors (Lipinski definition) is 2. The molecule has 2 N–H and O–H groups in total. The number of benzene rings is 2. The minimum atomic E-state index is -0.221. The van der Waals surface area contributed by atoms with E-state index in [0.717, 1.165) is 18.4 Å². The first-order valence-corrected chi connectivity index (χ1v) is 9.61. The maximum atomic E-state index is 11.3. The van der Waals surface area contributed by atoms with E-state index in [1.807, 2.05) is 6.07 Å². The zero-order valence-corrected chi connectivity index (χ0v) is 16.0. The maximum Gasteiger partial charge on any atom is 0.250 e. The van der Waals surface area contributed by atoms with Crippen molar-refractivity contribution in [3.63, 3.8) is 0 Å². The van der Waals surface area contributed by atoms with Crippen LogP contribution in [0.15, 0.2) is 65.5 Å². The molecule has 0 radical (unpaired) electrons. The quantitative estimate of drug-likeness (QED) is 0.462. The Hall–Kier alpha value is -3.21. The van der Waals surface area contributed by atoms with Crippen molar-refractivity contribution < 1.29 is 14.6 Å². The number of aryl methyl sites for hydroxylation is 1. The molecule has 0 spiro atoms. The number of hydrogen-bond acceptors (Lipinski definition) is 4. The number of aromatic nitrogens is 1. The highest BCUT2D eigenvalue weighted by molar-refractivity contribution is 5.45. The van der Waals surface area contributed by atoms with Crippen molar-refractivity contribution in [1.29, 1.82) is 0 Å². The highest BCUT2D eigenvalue weighted by atomic mass is 16.5. The molecule has 3 aromatic rings. The largest absolute Gasteiger partial charge is 0.504 e. The molecular formula is C23H25NO4. The Morgan fingerprint density at radius 3 is 2.32 bits per heavy atom. The van der Waals surface area contributed by atoms with Gasteiger partial charge in [0.25, 0.3) is 5.56 Å². The molecule has 5 heteroatoms. The number of aromatic hydroxyl groups is 1. The van der Waals surface area contributed by atoms with E-state index in [1.54, 1.807) is 48.5 Å². The fraction of sp³-hybridized carbons (Fsp3) is 0.261. The van der Waals surface area contributed by atoms with E-state index in [2.05, 4.69) is 11.9 Å². The third-order valence-corrected chi connectivity index (χ3v) is 4.36. The molecule has 0 amide bonds. The fourth-order valence-corrected chi connectivity index (χ4v) is 2.88. The van der Waals surface area contributed by atoms with Crippen molar-refractivity contribution in [3.8, 4) is 28.9 Å². The van der Waals surface area contributed by atoms with Gasteiger partial charge >= 0.3 is 0 Å². The smallest absolute Gasteiger partial charge is 0.250 e. The first-order valence-electron chi connectivity index (χ1n) is 9.61. The lowest BCUT2D eigenvalue weighted by molar-refractivity contribution is 0.409. The highest BCUT2D eigenvalue weighted by Crippen LogP contribution is 2.33. The van der Waals surface area contributed by atoms with Gasteiger partial charge in [-0.3, -0.25) is 9.78 Å². The van der Waals surface area contributed by atoms with Gasteiger partial charge in [-0.05, 0) is 60.9 Å². The van der Waals surface area contributed by atoms with Gasteiger partial charge in [-0.1, -0.05) is 38.3 Å². The third kappa shape index (κ3) is 5.64. The van der Waals surface area contributed by atoms with Crippen LogP contribution in [0.2, 0.25) is 0 Å². The molecule has 0 saturated heterocycles. The van der Waals surface area contributed by atoms with Gasteiger partial charge in [-0.2, -0.15) is 0 Å². The molecule has 0 bridgehead atoms. The Bertz CT molecular complexity index is 947. The van der Waals surface area contributed by atoms with E-state index in [4.69, 9.17) is 9.47 Å². The molecule has 0 fully saturated rings. The number of aromatic amines is 1. The van der Waals surface area contributed by atoms with Crippen molar-refractivity contribution in [3.05, 3.63) is 76.6 Å². The average Bonchev–Trinajstić information content (AvgIpc) is 2.69. The molecule has 1 aromatic heterocycles. The molecule has 0 aliphatic carbocycles. The van der Waals surface area contributed by atoms with E-state index >= 15 is 0 Å². The lowest BCUT2D eigenvalue weighted by atomic mass is 10.1. The van der Waals surface area contributed by atoms with Gasteiger partial charge in [-0.25, -0.2) is 0 Å². The van der Waals surface area contributed by atoms with E-state index in [1.165, 1.54) is 25.3 Å². The van der Waals surface area contributed by atoms with Gasteiger partial charge in [0.05, 0.1) is 0 Å². The van der Waals surface area contributed by atoms with Gasteiger partial charge in [0.1, 0.15) is 11.5 Å². The lowest BCUT2D eigenvalue weighted by Crippen LogP contribution is -2.03. The summed E-state index contributed by atoms with van der Waals surface area (Å²) < 4.78 is 11.4. The predicted octanol–water partition coefficient (Wildman–Crippen LogP) is 5.79. The molecule has 0 atom stereocenters. The van der Waals surface area contributed by atoms with Crippen molar-refractivity contribution in [2.24, 2.45) is 0 Å². The van der Waals surface area contributed by atoms with Crippen LogP contribution in [0, 0.1) is 0 Å². The molecule has 0 aliphatic heterocycles. The summed E-state index contributed by atoms with van der Waals surface area (Å²) in [6.45, 7) is 2.19. The molecule has 0 saturated carbocycles. The summed E-state index contributed by atoms with van der Waals surface area (Å²) in [6, 6.07) is 17.2. The van der Waals surface area contributed by atoms with Gasteiger partial charge < -0.3 is 14.6 Å². The molecule has 5 nitrogen and oxygen atoms in total. The van der Waals surface area contributed by atoms with Gasteiger partial charge in [-0.15, -0.1) is 0 Å². The summed E-state index contributed by atoms with van der Waals surface area (Å²) in [6.07, 6.45) is 5.75. The number of phenolic OH excluding ortho intramolecular Hbond substituents is 1. The van der Waals surface area contributed by atoms with Crippen LogP contribution in [0.3, 0.4) is 0 Å². The Morgan fingerprint density at radius 1 is 0.893 bits per heavy atom. The van der Waals surface area contributed by atoms with Crippen molar-refractivity contribution >= 4 is 0 Å². The van der Waals surface area contributed by atoms with Crippen LogP contribution in [0.4, 0.5) is 0 Å². The first-order chi connectivity index (χ1) is 13.6. The second kappa shape index (κ2) is 9.65. The van der Waals surface area contributed by atoms with Gasteiger partial charge in [0.2, 0.25) is 0 Å². The summed E-state index contributed by atoms with van der Waals surface area (Å²) in [5.41, 5.74) is 0.892. The summed E-state index contributed by atoms with van der Waals surface area (Å²) >= 11 is 0. The third-order valence-electron chi connectivity index (χ3n) is 4.36. The Kier molecular flexibility index (Phi) is 6.73. The molecule has 1 heterocycles. The number of phenols is 1. The van der Waals surface area contributed by atoms with Crippen LogP contribution < -0.4 is 15.0 Å². The number of rotatable bonds is 9. The zero-order valence-electron chi connectivity index (χ0n) is 16.0. The van der Waals surface area contributed by atoms with Crippen LogP contribution in [0.1, 0.15) is 38.2 Å². The second-order valence-electron chi connectivity index (χ2n) is 6.67. The SMILES string of the molecule is CCCCCCc1ccc(Oc2ccc(Oc3cccc(=O)[nH]3)cc2)c(O)c1. The van der Waals surface area contributed by atoms with Gasteiger partial charge in [0.15, 0.2) is 17.4 Å². The maximum absolute atomic E-state index is 11.3. The normalized spacial score (nSPS) is 10.6. The van der Waals surface area contributed by atoms with Crippen molar-refractivity contribution in [2.75, 3.05) is 0 Å². The molecule has 146 valence electrons. The molecule has 2 aromatic carbocycles. The van der Waals surface area contributed by atoms with E-state index in [0.29, 0.717) is 23.1 Å². The van der Waals surface area contributed by atoms with E-state index in [9.17, 15) is 9.90 Å². The first kappa shape index (κ1) is 19.5. The topological polar surface area (TPSA) is 71.5 Å². The highest BCUT2D eigenvalue weighted by Gasteiger charge is 2.06. The molecule has 28 heavy (non-hydrogen) atoms. The van der Waals surface area contributed by atoms with Crippen LogP contribution in [-0.2, 0) is 6.42 Å². The summed E-state index contributed by atoms with van der Waals surface area (Å²) in [5, 5.41) is 10.2. The standard InChI is InChI=1S/C23H25NO4/c1-2-3-4-5-7-17-10-15-21(20(25)16-17)27-18-11-13-19(14-12-18)28-23-9-6-8-22(26)24-23/h6,8-16,25H,2-5,7H2,1H3,(H,24,26). The summed E-state index contributed by atoms with van der Waals surface area (Å²) in [5.74, 6) is 2.07. The van der Waals surface area contributed by atoms with Crippen LogP contribution in [-0.4, -0.2) is 10.1 Å². The second-order valence-corrected chi connectivity index (χ2v) is 6.67. The number of pyridine rings is 1. The van der Waals surface area contributed by atoms with Crippen LogP contribution in [0.5, 0.6) is 28.9 Å². The Morgan fingerprint density at radius 2 is 1.64 bits per heavy atom. The zero-order chi connectivity index (χ0) is 19.8. The number of ether oxygens (including phenoxy) is 2. The van der Waals surface area contributed by atoms with E-state index < -0.39 is 0 Å². The number of unbranched alkanes of at least 4 members (excludes halogenated alkanes) is 3. The minimum Gasteiger partial charge on any atom is -0.504 e. The predicted molar refractivity (Wildman–Crippen MR) is 110 cm³/mol. The van der Waals surface area contributed by atoms with Gasteiger partial charge in [0, 0.05) is 6.07 Å². The van der Waals surface area contributed by atoms with Crippen LogP contribution >= 0.6 is 0 Å². The fourth-order valence-electron chi connectivity index (χ4n) is 2.88. The molecule has 0 unspecified atom stereocenters. The van der Waals surface area contributed by atoms with E-state index in [-0.39, 0.29) is 11.3 Å². The monoisotopic (exact) mass is 379 g/mol. The minimum absolute atomic E-state index is 0.134. The molecule has 0 aliphatic rings. The van der Waals surface area contributed by atoms with Crippen molar-refractivity contribution in [1.82, 2.24) is 4.98 Å². The van der Waals surface area contributed by atoms with Crippen molar-refractivity contribution in [2.45, 2.75) is 39.0 Å². The lowest BCUT2D eigenvalue weighted by Gasteiger charge is -2.10. The van der Waals surface area contributed by atoms with Crippen LogP contribution in [0.25, 0.3) is 0 Å². The Balaban J connectivity index is 1.59. The summed E-state index contributed by atoms with van der Waals surface area (Å²) in [7, 11) is 0.